The topological polar surface area (TPSA) is 148 Å². The van der Waals surface area contributed by atoms with Gasteiger partial charge >= 0.3 is 5.97 Å². The highest BCUT2D eigenvalue weighted by Crippen LogP contribution is 2.33. The number of amides is 4. The quantitative estimate of drug-likeness (QED) is 0.161. The summed E-state index contributed by atoms with van der Waals surface area (Å²) in [7, 11) is 5.43. The van der Waals surface area contributed by atoms with E-state index in [9.17, 15) is 29.1 Å². The van der Waals surface area contributed by atoms with E-state index in [1.54, 1.807) is 0 Å². The Morgan fingerprint density at radius 1 is 0.538 bits per heavy atom. The molecule has 296 valence electrons. The molecule has 0 radical (unpaired) electrons. The number of hydrogen-bond donors (Lipinski definition) is 4. The molecule has 4 aliphatic rings. The van der Waals surface area contributed by atoms with E-state index in [1.807, 2.05) is 32.8 Å². The lowest BCUT2D eigenvalue weighted by Gasteiger charge is -2.38. The van der Waals surface area contributed by atoms with E-state index in [2.05, 4.69) is 16.0 Å². The third kappa shape index (κ3) is 11.7. The first-order valence-electron chi connectivity index (χ1n) is 21.0. The zero-order chi connectivity index (χ0) is 37.8. The Balaban J connectivity index is 1.60. The van der Waals surface area contributed by atoms with Gasteiger partial charge in [0.2, 0.25) is 23.6 Å². The molecule has 4 saturated carbocycles. The van der Waals surface area contributed by atoms with Crippen molar-refractivity contribution in [1.82, 2.24) is 25.8 Å². The smallest absolute Gasteiger partial charge is 0.326 e. The first-order valence-corrected chi connectivity index (χ1v) is 21.0. The van der Waals surface area contributed by atoms with Crippen molar-refractivity contribution in [1.29, 1.82) is 0 Å². The molecule has 0 saturated heterocycles. The fourth-order valence-corrected chi connectivity index (χ4v) is 9.87. The largest absolute Gasteiger partial charge is 0.480 e. The van der Waals surface area contributed by atoms with Gasteiger partial charge in [-0.05, 0) is 101 Å². The number of carbonyl (C=O) groups excluding carboxylic acids is 4. The molecule has 0 aromatic carbocycles. The van der Waals surface area contributed by atoms with Crippen LogP contribution < -0.4 is 16.0 Å². The van der Waals surface area contributed by atoms with Crippen molar-refractivity contribution < 1.29 is 29.1 Å². The van der Waals surface area contributed by atoms with Gasteiger partial charge in [-0.3, -0.25) is 24.1 Å². The van der Waals surface area contributed by atoms with E-state index in [1.165, 1.54) is 18.4 Å². The van der Waals surface area contributed by atoms with Gasteiger partial charge in [0.05, 0.1) is 6.04 Å². The highest BCUT2D eigenvalue weighted by atomic mass is 16.4. The van der Waals surface area contributed by atoms with Gasteiger partial charge in [-0.25, -0.2) is 4.79 Å². The first kappa shape index (κ1) is 42.1. The Bertz CT molecular complexity index is 1170. The van der Waals surface area contributed by atoms with Crippen LogP contribution in [0.1, 0.15) is 149 Å². The summed E-state index contributed by atoms with van der Waals surface area (Å²) in [6, 6.07) is -3.79. The minimum atomic E-state index is -1.05. The molecule has 4 rings (SSSR count). The molecule has 4 fully saturated rings. The minimum Gasteiger partial charge on any atom is -0.480 e. The Labute approximate surface area is 313 Å². The number of aliphatic carboxylic acids is 1. The van der Waals surface area contributed by atoms with Crippen molar-refractivity contribution in [2.45, 2.75) is 179 Å². The van der Waals surface area contributed by atoms with E-state index < -0.39 is 30.1 Å². The number of carbonyl (C=O) groups is 5. The van der Waals surface area contributed by atoms with Crippen LogP contribution in [0.5, 0.6) is 0 Å². The van der Waals surface area contributed by atoms with Crippen LogP contribution in [0.2, 0.25) is 0 Å². The number of carboxylic acids is 1. The van der Waals surface area contributed by atoms with Crippen LogP contribution in [0, 0.1) is 29.6 Å². The third-order valence-electron chi connectivity index (χ3n) is 12.8. The van der Waals surface area contributed by atoms with Gasteiger partial charge in [0.25, 0.3) is 0 Å². The zero-order valence-electron chi connectivity index (χ0n) is 33.0. The second kappa shape index (κ2) is 20.7. The molecular formula is C41H71N5O6. The van der Waals surface area contributed by atoms with Crippen LogP contribution in [-0.2, 0) is 24.0 Å². The number of nitrogens with zero attached hydrogens (tertiary/aromatic N) is 2. The molecule has 4 N–H and O–H groups in total. The summed E-state index contributed by atoms with van der Waals surface area (Å²) in [4.78, 5) is 73.0. The predicted octanol–water partition coefficient (Wildman–Crippen LogP) is 5.65. The van der Waals surface area contributed by atoms with Crippen LogP contribution in [0.4, 0.5) is 0 Å². The van der Waals surface area contributed by atoms with Crippen LogP contribution in [-0.4, -0.2) is 95.9 Å². The SMILES string of the molecule is CC(C)C[C@H](C(=O)O)N(C)C(=O)[C@H](NC(=O)[C@H](NC(=O)[C@H](NC(=O)[C@@H](C1CCCCC1)N(C)C)C1CCCCC1)C1CCCCC1)C1CCCCC1. The molecule has 52 heavy (non-hydrogen) atoms. The first-order chi connectivity index (χ1) is 24.9. The monoisotopic (exact) mass is 730 g/mol. The van der Waals surface area contributed by atoms with Crippen molar-refractivity contribution in [3.05, 3.63) is 0 Å². The third-order valence-corrected chi connectivity index (χ3v) is 12.8. The Hall–Kier alpha value is -2.69. The van der Waals surface area contributed by atoms with E-state index >= 15 is 0 Å². The Morgan fingerprint density at radius 2 is 0.885 bits per heavy atom. The minimum absolute atomic E-state index is 0.0129. The van der Waals surface area contributed by atoms with Gasteiger partial charge in [0.15, 0.2) is 0 Å². The van der Waals surface area contributed by atoms with Gasteiger partial charge in [-0.1, -0.05) is 90.9 Å². The highest BCUT2D eigenvalue weighted by molar-refractivity contribution is 5.96. The summed E-state index contributed by atoms with van der Waals surface area (Å²) in [5, 5.41) is 19.6. The average molecular weight is 730 g/mol. The van der Waals surface area contributed by atoms with Gasteiger partial charge < -0.3 is 26.0 Å². The van der Waals surface area contributed by atoms with E-state index in [0.717, 1.165) is 122 Å². The standard InChI is InChI=1S/C41H71N5O6/c1-27(2)26-32(41(51)52)46(5)40(50)35(30-22-14-8-15-23-30)44-38(48)33(28-18-10-6-11-19-28)42-37(47)34(29-20-12-7-13-21-29)43-39(49)36(45(3)4)31-24-16-9-17-25-31/h27-36H,6-26H2,1-5H3,(H,42,47)(H,43,49)(H,44,48)(H,51,52)/t32-,33-,34-,35-,36-/m1/s1. The lowest BCUT2D eigenvalue weighted by atomic mass is 9.80. The number of rotatable bonds is 16. The molecule has 0 aliphatic heterocycles. The lowest BCUT2D eigenvalue weighted by molar-refractivity contribution is -0.152. The summed E-state index contributed by atoms with van der Waals surface area (Å²) in [5.74, 6) is -2.14. The van der Waals surface area contributed by atoms with Crippen molar-refractivity contribution in [2.24, 2.45) is 29.6 Å². The summed E-state index contributed by atoms with van der Waals surface area (Å²) < 4.78 is 0. The number of likely N-dealkylation sites (N-methyl/N-ethyl adjacent to an activating group) is 2. The zero-order valence-corrected chi connectivity index (χ0v) is 33.0. The molecule has 4 amide bonds. The van der Waals surface area contributed by atoms with Crippen molar-refractivity contribution in [2.75, 3.05) is 21.1 Å². The molecular weight excluding hydrogens is 658 g/mol. The Morgan fingerprint density at radius 3 is 1.25 bits per heavy atom. The fraction of sp³-hybridized carbons (Fsp3) is 0.878. The molecule has 0 spiro atoms. The number of hydrogen-bond acceptors (Lipinski definition) is 6. The van der Waals surface area contributed by atoms with Crippen LogP contribution in [0.15, 0.2) is 0 Å². The molecule has 0 unspecified atom stereocenters. The maximum atomic E-state index is 14.6. The maximum Gasteiger partial charge on any atom is 0.326 e. The summed E-state index contributed by atoms with van der Waals surface area (Å²) >= 11 is 0. The molecule has 11 nitrogen and oxygen atoms in total. The normalized spacial score (nSPS) is 22.9. The fourth-order valence-electron chi connectivity index (χ4n) is 9.87. The van der Waals surface area contributed by atoms with Gasteiger partial charge in [0.1, 0.15) is 24.2 Å². The maximum absolute atomic E-state index is 14.6. The molecule has 11 heteroatoms. The van der Waals surface area contributed by atoms with E-state index in [-0.39, 0.29) is 59.3 Å². The second-order valence-corrected chi connectivity index (χ2v) is 17.4. The van der Waals surface area contributed by atoms with Crippen LogP contribution in [0.25, 0.3) is 0 Å². The van der Waals surface area contributed by atoms with E-state index in [0.29, 0.717) is 6.42 Å². The molecule has 0 bridgehead atoms. The van der Waals surface area contributed by atoms with Crippen LogP contribution in [0.3, 0.4) is 0 Å². The van der Waals surface area contributed by atoms with Gasteiger partial charge in [-0.2, -0.15) is 0 Å². The van der Waals surface area contributed by atoms with Crippen LogP contribution >= 0.6 is 0 Å². The number of carboxylic acid groups (broad SMARTS) is 1. The second-order valence-electron chi connectivity index (χ2n) is 17.4. The van der Waals surface area contributed by atoms with Gasteiger partial charge in [-0.15, -0.1) is 0 Å². The molecule has 0 aromatic rings. The van der Waals surface area contributed by atoms with Crippen molar-refractivity contribution >= 4 is 29.6 Å². The summed E-state index contributed by atoms with van der Waals surface area (Å²) in [5.41, 5.74) is 0. The summed E-state index contributed by atoms with van der Waals surface area (Å²) in [6.07, 6.45) is 19.6. The van der Waals surface area contributed by atoms with Gasteiger partial charge in [0, 0.05) is 7.05 Å². The highest BCUT2D eigenvalue weighted by Gasteiger charge is 2.42. The summed E-state index contributed by atoms with van der Waals surface area (Å²) in [6.45, 7) is 3.87. The molecule has 5 atom stereocenters. The van der Waals surface area contributed by atoms with Crippen molar-refractivity contribution in [3.63, 3.8) is 0 Å². The molecule has 0 aromatic heterocycles. The number of nitrogens with one attached hydrogen (secondary N) is 3. The lowest BCUT2D eigenvalue weighted by Crippen LogP contribution is -2.63. The molecule has 4 aliphatic carbocycles. The predicted molar refractivity (Wildman–Crippen MR) is 203 cm³/mol. The van der Waals surface area contributed by atoms with Crippen molar-refractivity contribution in [3.8, 4) is 0 Å². The average Bonchev–Trinajstić information content (AvgIpc) is 3.14. The molecule has 0 heterocycles. The Kier molecular flexibility index (Phi) is 16.7. The van der Waals surface area contributed by atoms with E-state index in [4.69, 9.17) is 0 Å².